The molecule has 2 nitrogen and oxygen atoms in total. The summed E-state index contributed by atoms with van der Waals surface area (Å²) in [4.78, 5) is 10.8. The number of carbonyl (C=O) groups is 1. The van der Waals surface area contributed by atoms with Gasteiger partial charge in [-0.05, 0) is 19.1 Å². The lowest BCUT2D eigenvalue weighted by Crippen LogP contribution is -1.98. The zero-order valence-electron chi connectivity index (χ0n) is 9.23. The molecule has 0 amide bonds. The zero-order valence-corrected chi connectivity index (χ0v) is 9.23. The van der Waals surface area contributed by atoms with Gasteiger partial charge in [0.25, 0.3) is 0 Å². The van der Waals surface area contributed by atoms with Gasteiger partial charge in [0.1, 0.15) is 0 Å². The fourth-order valence-electron chi connectivity index (χ4n) is 0.958. The third-order valence-electron chi connectivity index (χ3n) is 1.61. The molecule has 0 unspecified atom stereocenters. The van der Waals surface area contributed by atoms with Gasteiger partial charge in [-0.2, -0.15) is 0 Å². The molecule has 0 saturated heterocycles. The van der Waals surface area contributed by atoms with Crippen LogP contribution in [-0.4, -0.2) is 12.9 Å². The first-order valence-corrected chi connectivity index (χ1v) is 4.60. The predicted molar refractivity (Wildman–Crippen MR) is 54.3 cm³/mol. The van der Waals surface area contributed by atoms with E-state index in [2.05, 4.69) is 4.74 Å². The number of hydrogen-bond acceptors (Lipinski definition) is 2. The Morgan fingerprint density at radius 1 is 1.20 bits per heavy atom. The fourth-order valence-corrected chi connectivity index (χ4v) is 0.958. The summed E-state index contributed by atoms with van der Waals surface area (Å²) in [5.74, 6) is -2.59. The number of ketones is 1. The molecule has 0 radical (unpaired) electrons. The van der Waals surface area contributed by atoms with Gasteiger partial charge in [-0.1, -0.05) is 13.8 Å². The first kappa shape index (κ1) is 13.5. The molecule has 15 heavy (non-hydrogen) atoms. The number of halogens is 2. The molecule has 0 aliphatic heterocycles. The minimum Gasteiger partial charge on any atom is -0.491 e. The molecule has 0 spiro atoms. The van der Waals surface area contributed by atoms with Crippen LogP contribution in [0.4, 0.5) is 8.78 Å². The monoisotopic (exact) mass is 216 g/mol. The fraction of sp³-hybridized carbons (Fsp3) is 0.364. The largest absolute Gasteiger partial charge is 0.491 e. The van der Waals surface area contributed by atoms with Crippen molar-refractivity contribution in [1.82, 2.24) is 0 Å². The molecule has 0 fully saturated rings. The van der Waals surface area contributed by atoms with Crippen molar-refractivity contribution in [3.8, 4) is 5.75 Å². The van der Waals surface area contributed by atoms with Gasteiger partial charge in [0.2, 0.25) is 0 Å². The van der Waals surface area contributed by atoms with Crippen LogP contribution in [0.1, 0.15) is 31.1 Å². The molecule has 0 N–H and O–H groups in total. The number of carbonyl (C=O) groups excluding carboxylic acids is 1. The highest BCUT2D eigenvalue weighted by molar-refractivity contribution is 5.94. The second kappa shape index (κ2) is 6.11. The molecule has 4 heteroatoms. The Kier molecular flexibility index (Phi) is 5.52. The lowest BCUT2D eigenvalue weighted by Gasteiger charge is -2.04. The van der Waals surface area contributed by atoms with E-state index in [1.54, 1.807) is 0 Å². The summed E-state index contributed by atoms with van der Waals surface area (Å²) >= 11 is 0. The van der Waals surface area contributed by atoms with E-state index in [9.17, 15) is 13.6 Å². The molecule has 0 saturated carbocycles. The first-order valence-electron chi connectivity index (χ1n) is 4.60. The van der Waals surface area contributed by atoms with Gasteiger partial charge in [-0.3, -0.25) is 4.79 Å². The minimum atomic E-state index is -0.868. The molecule has 0 aliphatic carbocycles. The third kappa shape index (κ3) is 3.31. The average Bonchev–Trinajstić information content (AvgIpc) is 2.20. The van der Waals surface area contributed by atoms with Crippen molar-refractivity contribution in [2.45, 2.75) is 20.8 Å². The highest BCUT2D eigenvalue weighted by Gasteiger charge is 2.12. The van der Waals surface area contributed by atoms with Crippen LogP contribution in [-0.2, 0) is 0 Å². The summed E-state index contributed by atoms with van der Waals surface area (Å²) < 4.78 is 30.4. The summed E-state index contributed by atoms with van der Waals surface area (Å²) in [6, 6.07) is 1.90. The van der Waals surface area contributed by atoms with Crippen LogP contribution >= 0.6 is 0 Å². The molecule has 1 rings (SSSR count). The number of rotatable bonds is 2. The van der Waals surface area contributed by atoms with E-state index >= 15 is 0 Å². The summed E-state index contributed by atoms with van der Waals surface area (Å²) in [5.41, 5.74) is -0.00389. The van der Waals surface area contributed by atoms with Gasteiger partial charge in [0, 0.05) is 5.56 Å². The second-order valence-electron chi connectivity index (χ2n) is 2.53. The van der Waals surface area contributed by atoms with E-state index in [1.807, 2.05) is 13.8 Å². The van der Waals surface area contributed by atoms with E-state index < -0.39 is 17.4 Å². The normalized spacial score (nSPS) is 8.93. The van der Waals surface area contributed by atoms with Gasteiger partial charge >= 0.3 is 0 Å². The van der Waals surface area contributed by atoms with Crippen molar-refractivity contribution < 1.29 is 18.3 Å². The van der Waals surface area contributed by atoms with Crippen LogP contribution in [0.25, 0.3) is 0 Å². The Hall–Kier alpha value is -1.45. The van der Waals surface area contributed by atoms with E-state index in [0.717, 1.165) is 19.2 Å². The topological polar surface area (TPSA) is 26.3 Å². The van der Waals surface area contributed by atoms with Crippen molar-refractivity contribution in [3.05, 3.63) is 29.3 Å². The van der Waals surface area contributed by atoms with Crippen LogP contribution in [0.5, 0.6) is 5.75 Å². The van der Waals surface area contributed by atoms with Gasteiger partial charge in [0.05, 0.1) is 7.11 Å². The van der Waals surface area contributed by atoms with Crippen LogP contribution in [0, 0.1) is 11.6 Å². The number of hydrogen-bond donors (Lipinski definition) is 0. The maximum Gasteiger partial charge on any atom is 0.190 e. The standard InChI is InChI=1S/C9H8F2O2.C2H6/c1-5(12)6-3-7(10)9(13-2)8(11)4-6;1-2/h3-4H,1-2H3;1-2H3. The summed E-state index contributed by atoms with van der Waals surface area (Å²) in [7, 11) is 1.16. The van der Waals surface area contributed by atoms with Crippen LogP contribution < -0.4 is 4.74 Å². The molecule has 1 aromatic carbocycles. The summed E-state index contributed by atoms with van der Waals surface area (Å²) in [6.45, 7) is 5.24. The van der Waals surface area contributed by atoms with Gasteiger partial charge in [-0.25, -0.2) is 8.78 Å². The number of methoxy groups -OCH3 is 1. The van der Waals surface area contributed by atoms with Gasteiger partial charge < -0.3 is 4.74 Å². The van der Waals surface area contributed by atoms with Crippen molar-refractivity contribution in [3.63, 3.8) is 0 Å². The van der Waals surface area contributed by atoms with E-state index in [4.69, 9.17) is 0 Å². The van der Waals surface area contributed by atoms with E-state index in [0.29, 0.717) is 0 Å². The highest BCUT2D eigenvalue weighted by Crippen LogP contribution is 2.22. The van der Waals surface area contributed by atoms with Crippen LogP contribution in [0.3, 0.4) is 0 Å². The number of ether oxygens (including phenoxy) is 1. The van der Waals surface area contributed by atoms with Crippen molar-refractivity contribution in [2.24, 2.45) is 0 Å². The molecule has 0 atom stereocenters. The molecule has 0 heterocycles. The van der Waals surface area contributed by atoms with E-state index in [-0.39, 0.29) is 11.3 Å². The van der Waals surface area contributed by atoms with Gasteiger partial charge in [0.15, 0.2) is 23.2 Å². The third-order valence-corrected chi connectivity index (χ3v) is 1.61. The summed E-state index contributed by atoms with van der Waals surface area (Å²) in [5, 5.41) is 0. The molecular formula is C11H14F2O2. The lowest BCUT2D eigenvalue weighted by atomic mass is 10.1. The molecule has 0 aliphatic rings. The smallest absolute Gasteiger partial charge is 0.190 e. The van der Waals surface area contributed by atoms with Crippen molar-refractivity contribution in [1.29, 1.82) is 0 Å². The molecule has 0 aromatic heterocycles. The van der Waals surface area contributed by atoms with Gasteiger partial charge in [-0.15, -0.1) is 0 Å². The Morgan fingerprint density at radius 3 is 1.87 bits per heavy atom. The minimum absolute atomic E-state index is 0.00389. The first-order chi connectivity index (χ1) is 7.06. The molecule has 1 aromatic rings. The maximum atomic E-state index is 13.0. The molecule has 84 valence electrons. The zero-order chi connectivity index (χ0) is 12.0. The maximum absolute atomic E-state index is 13.0. The van der Waals surface area contributed by atoms with Crippen molar-refractivity contribution in [2.75, 3.05) is 7.11 Å². The Bertz CT molecular complexity index is 325. The number of benzene rings is 1. The average molecular weight is 216 g/mol. The molecular weight excluding hydrogens is 202 g/mol. The second-order valence-corrected chi connectivity index (χ2v) is 2.53. The number of Topliss-reactive ketones (excluding diaryl/α,β-unsaturated/α-hetero) is 1. The van der Waals surface area contributed by atoms with E-state index in [1.165, 1.54) is 6.92 Å². The molecule has 0 bridgehead atoms. The predicted octanol–water partition coefficient (Wildman–Crippen LogP) is 3.20. The SMILES string of the molecule is CC.COc1c(F)cc(C(C)=O)cc1F. The lowest BCUT2D eigenvalue weighted by molar-refractivity contribution is 0.101. The highest BCUT2D eigenvalue weighted by atomic mass is 19.1. The van der Waals surface area contributed by atoms with Crippen molar-refractivity contribution >= 4 is 5.78 Å². The summed E-state index contributed by atoms with van der Waals surface area (Å²) in [6.07, 6.45) is 0. The van der Waals surface area contributed by atoms with Crippen LogP contribution in [0.15, 0.2) is 12.1 Å². The quantitative estimate of drug-likeness (QED) is 0.709. The Balaban J connectivity index is 0.000000921. The Morgan fingerprint density at radius 2 is 1.60 bits per heavy atom. The Labute approximate surface area is 87.9 Å². The van der Waals surface area contributed by atoms with Crippen LogP contribution in [0.2, 0.25) is 0 Å².